The van der Waals surface area contributed by atoms with Gasteiger partial charge in [0.1, 0.15) is 11.6 Å². The van der Waals surface area contributed by atoms with Crippen LogP contribution in [-0.2, 0) is 0 Å². The second kappa shape index (κ2) is 3.92. The summed E-state index contributed by atoms with van der Waals surface area (Å²) in [5, 5.41) is 0. The first-order valence-corrected chi connectivity index (χ1v) is 5.07. The minimum atomic E-state index is 0.462. The lowest BCUT2D eigenvalue weighted by atomic mass is 10.2. The monoisotopic (exact) mass is 192 g/mol. The molecule has 1 saturated heterocycles. The highest BCUT2D eigenvalue weighted by Crippen LogP contribution is 2.22. The highest BCUT2D eigenvalue weighted by molar-refractivity contribution is 5.40. The number of anilines is 1. The van der Waals surface area contributed by atoms with Crippen molar-refractivity contribution in [2.45, 2.75) is 25.8 Å². The molecule has 0 bridgehead atoms. The number of hydrogen-bond acceptors (Lipinski definition) is 4. The first-order valence-electron chi connectivity index (χ1n) is 5.07. The molecule has 1 aliphatic rings. The van der Waals surface area contributed by atoms with Crippen molar-refractivity contribution in [3.8, 4) is 0 Å². The van der Waals surface area contributed by atoms with E-state index in [9.17, 15) is 0 Å². The van der Waals surface area contributed by atoms with Crippen LogP contribution in [0.25, 0.3) is 0 Å². The average Bonchev–Trinajstić information content (AvgIpc) is 2.65. The van der Waals surface area contributed by atoms with Gasteiger partial charge in [-0.25, -0.2) is 9.97 Å². The molecule has 1 unspecified atom stereocenters. The molecule has 2 N–H and O–H groups in total. The highest BCUT2D eigenvalue weighted by atomic mass is 15.2. The van der Waals surface area contributed by atoms with Crippen LogP contribution in [-0.4, -0.2) is 29.1 Å². The predicted octanol–water partition coefficient (Wildman–Crippen LogP) is 0.713. The molecule has 0 aliphatic carbocycles. The molecule has 1 aliphatic heterocycles. The van der Waals surface area contributed by atoms with Crippen molar-refractivity contribution in [2.75, 3.05) is 18.0 Å². The van der Waals surface area contributed by atoms with Crippen molar-refractivity contribution in [1.82, 2.24) is 9.97 Å². The van der Waals surface area contributed by atoms with Gasteiger partial charge >= 0.3 is 0 Å². The molecule has 1 aromatic heterocycles. The van der Waals surface area contributed by atoms with Gasteiger partial charge in [0.05, 0.1) is 0 Å². The fourth-order valence-electron chi connectivity index (χ4n) is 1.99. The summed E-state index contributed by atoms with van der Waals surface area (Å²) in [6.07, 6.45) is 4.20. The molecule has 1 aromatic rings. The van der Waals surface area contributed by atoms with Gasteiger partial charge in [0.25, 0.3) is 0 Å². The Morgan fingerprint density at radius 1 is 1.64 bits per heavy atom. The summed E-state index contributed by atoms with van der Waals surface area (Å²) < 4.78 is 0. The van der Waals surface area contributed by atoms with Crippen LogP contribution >= 0.6 is 0 Å². The molecule has 76 valence electrons. The third kappa shape index (κ3) is 1.70. The van der Waals surface area contributed by atoms with Gasteiger partial charge in [-0.05, 0) is 25.8 Å². The summed E-state index contributed by atoms with van der Waals surface area (Å²) in [6, 6.07) is 2.42. The van der Waals surface area contributed by atoms with Gasteiger partial charge in [0.15, 0.2) is 0 Å². The Hall–Kier alpha value is -1.16. The van der Waals surface area contributed by atoms with Crippen LogP contribution in [0.1, 0.15) is 18.7 Å². The number of nitrogens with zero attached hydrogens (tertiary/aromatic N) is 3. The Bertz CT molecular complexity index is 313. The molecule has 1 atom stereocenters. The third-order valence-corrected chi connectivity index (χ3v) is 2.70. The lowest BCUT2D eigenvalue weighted by Gasteiger charge is -2.24. The molecule has 0 saturated carbocycles. The molecule has 4 nitrogen and oxygen atoms in total. The molecule has 14 heavy (non-hydrogen) atoms. The van der Waals surface area contributed by atoms with Crippen LogP contribution in [0.4, 0.5) is 5.82 Å². The SMILES string of the molecule is Cc1nccc(N2CCCC2CN)n1. The Morgan fingerprint density at radius 2 is 2.50 bits per heavy atom. The molecule has 0 aromatic carbocycles. The Morgan fingerprint density at radius 3 is 3.21 bits per heavy atom. The van der Waals surface area contributed by atoms with Gasteiger partial charge in [-0.2, -0.15) is 0 Å². The predicted molar refractivity (Wildman–Crippen MR) is 56.2 cm³/mol. The Balaban J connectivity index is 2.21. The fourth-order valence-corrected chi connectivity index (χ4v) is 1.99. The summed E-state index contributed by atoms with van der Waals surface area (Å²) in [4.78, 5) is 10.8. The third-order valence-electron chi connectivity index (χ3n) is 2.70. The number of aromatic nitrogens is 2. The van der Waals surface area contributed by atoms with Gasteiger partial charge in [-0.3, -0.25) is 0 Å². The summed E-state index contributed by atoms with van der Waals surface area (Å²) in [7, 11) is 0. The van der Waals surface area contributed by atoms with E-state index in [2.05, 4.69) is 14.9 Å². The topological polar surface area (TPSA) is 55.0 Å². The highest BCUT2D eigenvalue weighted by Gasteiger charge is 2.24. The van der Waals surface area contributed by atoms with Crippen molar-refractivity contribution in [3.05, 3.63) is 18.1 Å². The van der Waals surface area contributed by atoms with Gasteiger partial charge < -0.3 is 10.6 Å². The van der Waals surface area contributed by atoms with E-state index in [1.54, 1.807) is 0 Å². The van der Waals surface area contributed by atoms with Crippen LogP contribution < -0.4 is 10.6 Å². The minimum Gasteiger partial charge on any atom is -0.352 e. The van der Waals surface area contributed by atoms with Crippen LogP contribution in [0.5, 0.6) is 0 Å². The van der Waals surface area contributed by atoms with Crippen LogP contribution in [0, 0.1) is 6.92 Å². The maximum atomic E-state index is 5.71. The number of aryl methyl sites for hydroxylation is 1. The van der Waals surface area contributed by atoms with Gasteiger partial charge in [0, 0.05) is 25.3 Å². The van der Waals surface area contributed by atoms with Crippen LogP contribution in [0.2, 0.25) is 0 Å². The lowest BCUT2D eigenvalue weighted by molar-refractivity contribution is 0.669. The van der Waals surface area contributed by atoms with Crippen LogP contribution in [0.15, 0.2) is 12.3 Å². The van der Waals surface area contributed by atoms with E-state index in [1.165, 1.54) is 12.8 Å². The maximum absolute atomic E-state index is 5.71. The van der Waals surface area contributed by atoms with Crippen LogP contribution in [0.3, 0.4) is 0 Å². The number of nitrogens with two attached hydrogens (primary N) is 1. The first-order chi connectivity index (χ1) is 6.81. The van der Waals surface area contributed by atoms with E-state index in [0.717, 1.165) is 18.2 Å². The van der Waals surface area contributed by atoms with Crippen molar-refractivity contribution in [3.63, 3.8) is 0 Å². The zero-order chi connectivity index (χ0) is 9.97. The second-order valence-corrected chi connectivity index (χ2v) is 3.69. The van der Waals surface area contributed by atoms with E-state index in [-0.39, 0.29) is 0 Å². The quantitative estimate of drug-likeness (QED) is 0.750. The van der Waals surface area contributed by atoms with E-state index < -0.39 is 0 Å². The molecule has 0 radical (unpaired) electrons. The van der Waals surface area contributed by atoms with Gasteiger partial charge in [-0.15, -0.1) is 0 Å². The standard InChI is InChI=1S/C10H16N4/c1-8-12-5-4-10(13-8)14-6-2-3-9(14)7-11/h4-5,9H,2-3,6-7,11H2,1H3. The Kier molecular flexibility index (Phi) is 2.63. The van der Waals surface area contributed by atoms with Gasteiger partial charge in [0.2, 0.25) is 0 Å². The van der Waals surface area contributed by atoms with Crippen molar-refractivity contribution < 1.29 is 0 Å². The van der Waals surface area contributed by atoms with E-state index in [4.69, 9.17) is 5.73 Å². The Labute approximate surface area is 84.2 Å². The smallest absolute Gasteiger partial charge is 0.132 e. The molecular formula is C10H16N4. The molecule has 2 heterocycles. The number of rotatable bonds is 2. The summed E-state index contributed by atoms with van der Waals surface area (Å²) >= 11 is 0. The van der Waals surface area contributed by atoms with E-state index >= 15 is 0 Å². The summed E-state index contributed by atoms with van der Waals surface area (Å²) in [6.45, 7) is 3.69. The second-order valence-electron chi connectivity index (χ2n) is 3.69. The average molecular weight is 192 g/mol. The normalized spacial score (nSPS) is 21.6. The summed E-state index contributed by atoms with van der Waals surface area (Å²) in [5.41, 5.74) is 5.71. The summed E-state index contributed by atoms with van der Waals surface area (Å²) in [5.74, 6) is 1.84. The fraction of sp³-hybridized carbons (Fsp3) is 0.600. The van der Waals surface area contributed by atoms with E-state index in [1.807, 2.05) is 19.2 Å². The minimum absolute atomic E-state index is 0.462. The number of hydrogen-bond donors (Lipinski definition) is 1. The maximum Gasteiger partial charge on any atom is 0.132 e. The first kappa shape index (κ1) is 9.40. The molecule has 1 fully saturated rings. The van der Waals surface area contributed by atoms with Gasteiger partial charge in [-0.1, -0.05) is 0 Å². The van der Waals surface area contributed by atoms with Crippen molar-refractivity contribution in [2.24, 2.45) is 5.73 Å². The molecule has 4 heteroatoms. The molecular weight excluding hydrogens is 176 g/mol. The molecule has 0 spiro atoms. The zero-order valence-electron chi connectivity index (χ0n) is 8.48. The largest absolute Gasteiger partial charge is 0.352 e. The molecule has 0 amide bonds. The van der Waals surface area contributed by atoms with E-state index in [0.29, 0.717) is 12.6 Å². The van der Waals surface area contributed by atoms with Crippen molar-refractivity contribution in [1.29, 1.82) is 0 Å². The molecule has 2 rings (SSSR count). The zero-order valence-corrected chi connectivity index (χ0v) is 8.48. The lowest BCUT2D eigenvalue weighted by Crippen LogP contribution is -2.36. The van der Waals surface area contributed by atoms with Crippen molar-refractivity contribution >= 4 is 5.82 Å².